The van der Waals surface area contributed by atoms with Gasteiger partial charge in [0.25, 0.3) is 0 Å². The molecule has 0 nitrogen and oxygen atoms in total. The van der Waals surface area contributed by atoms with Crippen molar-refractivity contribution >= 4 is 23.4 Å². The van der Waals surface area contributed by atoms with Gasteiger partial charge in [0.1, 0.15) is 0 Å². The van der Waals surface area contributed by atoms with Crippen LogP contribution >= 0.6 is 23.4 Å². The van der Waals surface area contributed by atoms with Gasteiger partial charge in [-0.05, 0) is 12.5 Å². The number of thioether (sulfide) groups is 1. The smallest absolute Gasteiger partial charge is 0.0340 e. The highest BCUT2D eigenvalue weighted by Crippen LogP contribution is 2.18. The summed E-state index contributed by atoms with van der Waals surface area (Å²) in [6.45, 7) is 4.28. The van der Waals surface area contributed by atoms with Gasteiger partial charge in [-0.3, -0.25) is 0 Å². The molecule has 0 amide bonds. The molecule has 0 aliphatic rings. The van der Waals surface area contributed by atoms with E-state index in [2.05, 4.69) is 38.1 Å². The number of hydrogen-bond acceptors (Lipinski definition) is 1. The second-order valence-electron chi connectivity index (χ2n) is 3.26. The summed E-state index contributed by atoms with van der Waals surface area (Å²) in [7, 11) is 0. The first-order valence-electron chi connectivity index (χ1n) is 4.45. The quantitative estimate of drug-likeness (QED) is 0.686. The molecule has 0 saturated carbocycles. The average Bonchev–Trinajstić information content (AvgIpc) is 2.14. The Balaban J connectivity index is 2.45. The third kappa shape index (κ3) is 4.06. The third-order valence-corrected chi connectivity index (χ3v) is 3.72. The Bertz CT molecular complexity index is 260. The molecule has 0 radical (unpaired) electrons. The van der Waals surface area contributed by atoms with Crippen LogP contribution in [-0.4, -0.2) is 11.1 Å². The third-order valence-electron chi connectivity index (χ3n) is 1.83. The molecule has 0 N–H and O–H groups in total. The molecule has 1 atom stereocenters. The molecule has 72 valence electrons. The molecule has 1 aromatic carbocycles. The van der Waals surface area contributed by atoms with Gasteiger partial charge in [0.15, 0.2) is 0 Å². The number of rotatable bonds is 4. The molecular formula is C11H15ClS. The Morgan fingerprint density at radius 1 is 1.46 bits per heavy atom. The van der Waals surface area contributed by atoms with Crippen LogP contribution in [0.25, 0.3) is 0 Å². The first-order valence-corrected chi connectivity index (χ1v) is 6.04. The second-order valence-corrected chi connectivity index (χ2v) is 5.00. The molecule has 1 unspecified atom stereocenters. The van der Waals surface area contributed by atoms with Crippen LogP contribution in [0.4, 0.5) is 0 Å². The van der Waals surface area contributed by atoms with Crippen LogP contribution in [0.3, 0.4) is 0 Å². The molecule has 0 saturated heterocycles. The van der Waals surface area contributed by atoms with Crippen LogP contribution in [0.1, 0.15) is 18.1 Å². The van der Waals surface area contributed by atoms with E-state index in [4.69, 9.17) is 11.6 Å². The monoisotopic (exact) mass is 214 g/mol. The SMILES string of the molecule is Cc1cccc(CSC(C)CCl)c1. The summed E-state index contributed by atoms with van der Waals surface area (Å²) in [5.41, 5.74) is 2.72. The minimum atomic E-state index is 0.544. The van der Waals surface area contributed by atoms with Gasteiger partial charge in [0.2, 0.25) is 0 Å². The molecule has 0 spiro atoms. The lowest BCUT2D eigenvalue weighted by molar-refractivity contribution is 1.12. The number of benzene rings is 1. The Morgan fingerprint density at radius 2 is 2.23 bits per heavy atom. The maximum absolute atomic E-state index is 5.73. The summed E-state index contributed by atoms with van der Waals surface area (Å²) in [5.74, 6) is 1.80. The predicted octanol–water partition coefficient (Wildman–Crippen LogP) is 3.86. The van der Waals surface area contributed by atoms with E-state index in [0.29, 0.717) is 5.25 Å². The van der Waals surface area contributed by atoms with E-state index < -0.39 is 0 Å². The second kappa shape index (κ2) is 5.56. The Labute approximate surface area is 89.7 Å². The fourth-order valence-corrected chi connectivity index (χ4v) is 2.10. The van der Waals surface area contributed by atoms with Crippen molar-refractivity contribution in [3.05, 3.63) is 35.4 Å². The highest BCUT2D eigenvalue weighted by atomic mass is 35.5. The zero-order valence-electron chi connectivity index (χ0n) is 8.09. The number of alkyl halides is 1. The van der Waals surface area contributed by atoms with E-state index in [9.17, 15) is 0 Å². The first kappa shape index (κ1) is 10.9. The molecular weight excluding hydrogens is 200 g/mol. The van der Waals surface area contributed by atoms with Crippen LogP contribution in [0.5, 0.6) is 0 Å². The molecule has 0 aliphatic heterocycles. The zero-order chi connectivity index (χ0) is 9.68. The molecule has 0 bridgehead atoms. The van der Waals surface area contributed by atoms with E-state index in [0.717, 1.165) is 11.6 Å². The number of hydrogen-bond donors (Lipinski definition) is 0. The van der Waals surface area contributed by atoms with Gasteiger partial charge >= 0.3 is 0 Å². The summed E-state index contributed by atoms with van der Waals surface area (Å²) < 4.78 is 0. The van der Waals surface area contributed by atoms with E-state index in [1.165, 1.54) is 11.1 Å². The molecule has 0 fully saturated rings. The zero-order valence-corrected chi connectivity index (χ0v) is 9.66. The normalized spacial score (nSPS) is 12.8. The topological polar surface area (TPSA) is 0 Å². The average molecular weight is 215 g/mol. The van der Waals surface area contributed by atoms with Gasteiger partial charge in [-0.2, -0.15) is 11.8 Å². The van der Waals surface area contributed by atoms with Crippen molar-refractivity contribution in [3.63, 3.8) is 0 Å². The van der Waals surface area contributed by atoms with Gasteiger partial charge in [-0.15, -0.1) is 11.6 Å². The standard InChI is InChI=1S/C11H15ClS/c1-9-4-3-5-11(6-9)8-13-10(2)7-12/h3-6,10H,7-8H2,1-2H3. The van der Waals surface area contributed by atoms with Crippen LogP contribution in [0.15, 0.2) is 24.3 Å². The summed E-state index contributed by atoms with van der Waals surface area (Å²) in [5, 5.41) is 0.544. The van der Waals surface area contributed by atoms with Gasteiger partial charge in [-0.25, -0.2) is 0 Å². The lowest BCUT2D eigenvalue weighted by Gasteiger charge is -2.07. The lowest BCUT2D eigenvalue weighted by Crippen LogP contribution is -1.97. The maximum Gasteiger partial charge on any atom is 0.0340 e. The largest absolute Gasteiger partial charge is 0.153 e. The fourth-order valence-electron chi connectivity index (χ4n) is 1.08. The van der Waals surface area contributed by atoms with Crippen LogP contribution in [-0.2, 0) is 5.75 Å². The van der Waals surface area contributed by atoms with E-state index >= 15 is 0 Å². The molecule has 0 aliphatic carbocycles. The first-order chi connectivity index (χ1) is 6.22. The van der Waals surface area contributed by atoms with Crippen molar-refractivity contribution in [2.24, 2.45) is 0 Å². The van der Waals surface area contributed by atoms with Crippen molar-refractivity contribution in [2.45, 2.75) is 24.9 Å². The molecule has 1 rings (SSSR count). The van der Waals surface area contributed by atoms with E-state index in [1.807, 2.05) is 11.8 Å². The number of halogens is 1. The van der Waals surface area contributed by atoms with Crippen molar-refractivity contribution in [1.82, 2.24) is 0 Å². The maximum atomic E-state index is 5.73. The molecule has 13 heavy (non-hydrogen) atoms. The van der Waals surface area contributed by atoms with Gasteiger partial charge in [-0.1, -0.05) is 36.8 Å². The summed E-state index contributed by atoms with van der Waals surface area (Å²) in [6, 6.07) is 8.63. The minimum Gasteiger partial charge on any atom is -0.153 e. The van der Waals surface area contributed by atoms with Gasteiger partial charge in [0.05, 0.1) is 0 Å². The van der Waals surface area contributed by atoms with E-state index in [-0.39, 0.29) is 0 Å². The minimum absolute atomic E-state index is 0.544. The van der Waals surface area contributed by atoms with Crippen LogP contribution in [0.2, 0.25) is 0 Å². The Hall–Kier alpha value is -0.140. The number of aryl methyl sites for hydroxylation is 1. The van der Waals surface area contributed by atoms with Crippen LogP contribution in [0, 0.1) is 6.92 Å². The lowest BCUT2D eigenvalue weighted by atomic mass is 10.2. The van der Waals surface area contributed by atoms with Crippen molar-refractivity contribution in [1.29, 1.82) is 0 Å². The predicted molar refractivity (Wildman–Crippen MR) is 62.7 cm³/mol. The van der Waals surface area contributed by atoms with Crippen molar-refractivity contribution < 1.29 is 0 Å². The highest BCUT2D eigenvalue weighted by molar-refractivity contribution is 7.99. The summed E-state index contributed by atoms with van der Waals surface area (Å²) in [4.78, 5) is 0. The Morgan fingerprint density at radius 3 is 2.85 bits per heavy atom. The van der Waals surface area contributed by atoms with Crippen molar-refractivity contribution in [2.75, 3.05) is 5.88 Å². The van der Waals surface area contributed by atoms with Crippen LogP contribution < -0.4 is 0 Å². The molecule has 1 aromatic rings. The van der Waals surface area contributed by atoms with Gasteiger partial charge < -0.3 is 0 Å². The molecule has 0 aromatic heterocycles. The Kier molecular flexibility index (Phi) is 4.68. The highest BCUT2D eigenvalue weighted by Gasteiger charge is 2.00. The fraction of sp³-hybridized carbons (Fsp3) is 0.455. The van der Waals surface area contributed by atoms with Gasteiger partial charge in [0, 0.05) is 16.9 Å². The summed E-state index contributed by atoms with van der Waals surface area (Å²) in [6.07, 6.45) is 0. The summed E-state index contributed by atoms with van der Waals surface area (Å²) >= 11 is 7.63. The van der Waals surface area contributed by atoms with E-state index in [1.54, 1.807) is 0 Å². The molecule has 2 heteroatoms. The van der Waals surface area contributed by atoms with Crippen molar-refractivity contribution in [3.8, 4) is 0 Å². The molecule has 0 heterocycles.